The van der Waals surface area contributed by atoms with Crippen LogP contribution in [0.1, 0.15) is 48.4 Å². The van der Waals surface area contributed by atoms with Gasteiger partial charge in [-0.3, -0.25) is 9.59 Å². The molecule has 0 radical (unpaired) electrons. The van der Waals surface area contributed by atoms with Gasteiger partial charge in [-0.05, 0) is 65.6 Å². The second kappa shape index (κ2) is 12.3. The molecule has 4 rings (SSSR count). The number of fused-ring (bicyclic) bond motifs is 1. The fraction of sp³-hybridized carbons (Fsp3) is 0.267. The van der Waals surface area contributed by atoms with E-state index in [2.05, 4.69) is 10.6 Å². The molecule has 0 fully saturated rings. The fourth-order valence-electron chi connectivity index (χ4n) is 3.95. The van der Waals surface area contributed by atoms with Crippen LogP contribution in [0.15, 0.2) is 71.1 Å². The van der Waals surface area contributed by atoms with Gasteiger partial charge in [0, 0.05) is 23.6 Å². The quantitative estimate of drug-likeness (QED) is 0.286. The normalized spacial score (nSPS) is 11.6. The summed E-state index contributed by atoms with van der Waals surface area (Å²) in [4.78, 5) is 25.6. The molecule has 0 bridgehead atoms. The van der Waals surface area contributed by atoms with Gasteiger partial charge in [-0.25, -0.2) is 4.39 Å². The lowest BCUT2D eigenvalue weighted by atomic mass is 9.98. The average Bonchev–Trinajstić information content (AvgIpc) is 3.31. The summed E-state index contributed by atoms with van der Waals surface area (Å²) in [5, 5.41) is 15.7. The molecule has 0 saturated carbocycles. The van der Waals surface area contributed by atoms with Crippen molar-refractivity contribution in [3.05, 3.63) is 83.7 Å². The molecule has 0 unspecified atom stereocenters. The minimum absolute atomic E-state index is 0.0917. The number of hydrogen-bond donors (Lipinski definition) is 3. The van der Waals surface area contributed by atoms with Gasteiger partial charge in [0.25, 0.3) is 11.8 Å². The van der Waals surface area contributed by atoms with Gasteiger partial charge in [-0.2, -0.15) is 0 Å². The summed E-state index contributed by atoms with van der Waals surface area (Å²) in [6, 6.07) is 18.1. The van der Waals surface area contributed by atoms with E-state index < -0.39 is 0 Å². The Morgan fingerprint density at radius 2 is 1.57 bits per heavy atom. The van der Waals surface area contributed by atoms with Crippen molar-refractivity contribution in [2.75, 3.05) is 13.7 Å². The summed E-state index contributed by atoms with van der Waals surface area (Å²) < 4.78 is 19.4. The predicted octanol–water partition coefficient (Wildman–Crippen LogP) is 6.04. The fourth-order valence-corrected chi connectivity index (χ4v) is 3.95. The maximum atomic E-state index is 13.4. The van der Waals surface area contributed by atoms with Crippen molar-refractivity contribution in [1.82, 2.24) is 10.6 Å². The lowest BCUT2D eigenvalue weighted by Gasteiger charge is -2.20. The van der Waals surface area contributed by atoms with Gasteiger partial charge < -0.3 is 20.2 Å². The number of carbonyl (C=O) groups excluding carboxylic acids is 2. The SMILES string of the molecule is CC.CNC(=O)c1c(-c2ccc(F)cc2)oc2ccc(-c3cccc(C(=O)N[C@@H](CO)C(C)C)c3)cc12. The summed E-state index contributed by atoms with van der Waals surface area (Å²) in [6.45, 7) is 7.73. The first kappa shape index (κ1) is 27.6. The Kier molecular flexibility index (Phi) is 9.20. The third-order valence-electron chi connectivity index (χ3n) is 6.02. The van der Waals surface area contributed by atoms with E-state index in [0.717, 1.165) is 11.1 Å². The molecule has 0 aliphatic carbocycles. The first-order valence-corrected chi connectivity index (χ1v) is 12.4. The van der Waals surface area contributed by atoms with Gasteiger partial charge >= 0.3 is 0 Å². The van der Waals surface area contributed by atoms with Crippen molar-refractivity contribution in [2.45, 2.75) is 33.7 Å². The van der Waals surface area contributed by atoms with Crippen LogP contribution in [0.5, 0.6) is 0 Å². The van der Waals surface area contributed by atoms with Crippen LogP contribution in [-0.4, -0.2) is 36.6 Å². The van der Waals surface area contributed by atoms with E-state index in [-0.39, 0.29) is 36.2 Å². The molecule has 1 heterocycles. The zero-order valence-electron chi connectivity index (χ0n) is 21.8. The Balaban J connectivity index is 0.00000186. The Hall–Kier alpha value is -3.97. The molecular formula is C30H33FN2O4. The van der Waals surface area contributed by atoms with Crippen LogP contribution < -0.4 is 10.6 Å². The van der Waals surface area contributed by atoms with Crippen LogP contribution in [0.4, 0.5) is 4.39 Å². The number of nitrogens with one attached hydrogen (secondary N) is 2. The highest BCUT2D eigenvalue weighted by molar-refractivity contribution is 6.11. The van der Waals surface area contributed by atoms with E-state index >= 15 is 0 Å². The van der Waals surface area contributed by atoms with E-state index in [1.165, 1.54) is 12.1 Å². The molecule has 3 aromatic carbocycles. The minimum Gasteiger partial charge on any atom is -0.455 e. The highest BCUT2D eigenvalue weighted by atomic mass is 19.1. The maximum Gasteiger partial charge on any atom is 0.255 e. The lowest BCUT2D eigenvalue weighted by Crippen LogP contribution is -2.41. The van der Waals surface area contributed by atoms with Crippen LogP contribution in [0.2, 0.25) is 0 Å². The number of rotatable bonds is 7. The second-order valence-electron chi connectivity index (χ2n) is 8.69. The molecule has 0 aliphatic heterocycles. The molecule has 3 N–H and O–H groups in total. The monoisotopic (exact) mass is 504 g/mol. The van der Waals surface area contributed by atoms with Crippen LogP contribution >= 0.6 is 0 Å². The average molecular weight is 505 g/mol. The number of benzene rings is 3. The van der Waals surface area contributed by atoms with Gasteiger partial charge in [0.05, 0.1) is 18.2 Å². The molecule has 4 aromatic rings. The molecule has 1 aromatic heterocycles. The molecule has 6 nitrogen and oxygen atoms in total. The maximum absolute atomic E-state index is 13.4. The smallest absolute Gasteiger partial charge is 0.255 e. The van der Waals surface area contributed by atoms with Crippen LogP contribution in [0.3, 0.4) is 0 Å². The molecule has 1 atom stereocenters. The van der Waals surface area contributed by atoms with Crippen molar-refractivity contribution in [3.8, 4) is 22.5 Å². The Morgan fingerprint density at radius 1 is 0.919 bits per heavy atom. The van der Waals surface area contributed by atoms with Gasteiger partial charge in [0.2, 0.25) is 0 Å². The third-order valence-corrected chi connectivity index (χ3v) is 6.02. The molecule has 0 spiro atoms. The van der Waals surface area contributed by atoms with Crippen molar-refractivity contribution >= 4 is 22.8 Å². The molecular weight excluding hydrogens is 471 g/mol. The first-order valence-electron chi connectivity index (χ1n) is 12.4. The van der Waals surface area contributed by atoms with Gasteiger partial charge in [0.1, 0.15) is 17.2 Å². The zero-order chi connectivity index (χ0) is 27.1. The molecule has 0 saturated heterocycles. The molecule has 0 aliphatic rings. The lowest BCUT2D eigenvalue weighted by molar-refractivity contribution is 0.0896. The third kappa shape index (κ3) is 6.06. The van der Waals surface area contributed by atoms with E-state index in [0.29, 0.717) is 33.4 Å². The van der Waals surface area contributed by atoms with Crippen molar-refractivity contribution < 1.29 is 23.5 Å². The predicted molar refractivity (Wildman–Crippen MR) is 145 cm³/mol. The van der Waals surface area contributed by atoms with Gasteiger partial charge in [0.15, 0.2) is 0 Å². The van der Waals surface area contributed by atoms with Crippen LogP contribution in [0, 0.1) is 11.7 Å². The summed E-state index contributed by atoms with van der Waals surface area (Å²) in [5.74, 6) is -0.524. The zero-order valence-corrected chi connectivity index (χ0v) is 21.8. The summed E-state index contributed by atoms with van der Waals surface area (Å²) in [6.07, 6.45) is 0. The van der Waals surface area contributed by atoms with Gasteiger partial charge in [-0.15, -0.1) is 0 Å². The molecule has 37 heavy (non-hydrogen) atoms. The Labute approximate surface area is 216 Å². The Morgan fingerprint density at radius 3 is 2.19 bits per heavy atom. The molecule has 2 amide bonds. The number of carbonyl (C=O) groups is 2. The standard InChI is InChI=1S/C28H27FN2O4.C2H6/c1-16(2)23(15-32)31-27(33)20-6-4-5-18(13-20)19-9-12-24-22(14-19)25(28(34)30-3)26(35-24)17-7-10-21(29)11-8-17;1-2/h4-14,16,23,32H,15H2,1-3H3,(H,30,34)(H,31,33);1-2H3/t23-;/m0./s1. The first-order chi connectivity index (χ1) is 17.8. The van der Waals surface area contributed by atoms with Gasteiger partial charge in [-0.1, -0.05) is 45.9 Å². The molecule has 194 valence electrons. The van der Waals surface area contributed by atoms with E-state index in [9.17, 15) is 19.1 Å². The highest BCUT2D eigenvalue weighted by Crippen LogP contribution is 2.36. The number of aliphatic hydroxyl groups excluding tert-OH is 1. The minimum atomic E-state index is -0.378. The number of amides is 2. The summed E-state index contributed by atoms with van der Waals surface area (Å²) in [7, 11) is 1.54. The molecule has 7 heteroatoms. The second-order valence-corrected chi connectivity index (χ2v) is 8.69. The topological polar surface area (TPSA) is 91.6 Å². The van der Waals surface area contributed by atoms with E-state index in [1.807, 2.05) is 45.9 Å². The van der Waals surface area contributed by atoms with Crippen molar-refractivity contribution in [2.24, 2.45) is 5.92 Å². The van der Waals surface area contributed by atoms with Crippen molar-refractivity contribution in [1.29, 1.82) is 0 Å². The largest absolute Gasteiger partial charge is 0.455 e. The summed E-state index contributed by atoms with van der Waals surface area (Å²) in [5.41, 5.74) is 3.51. The number of furan rings is 1. The number of aliphatic hydroxyl groups is 1. The number of hydrogen-bond acceptors (Lipinski definition) is 4. The number of halogens is 1. The van der Waals surface area contributed by atoms with Crippen LogP contribution in [-0.2, 0) is 0 Å². The summed E-state index contributed by atoms with van der Waals surface area (Å²) >= 11 is 0. The van der Waals surface area contributed by atoms with Crippen molar-refractivity contribution in [3.63, 3.8) is 0 Å². The van der Waals surface area contributed by atoms with E-state index in [4.69, 9.17) is 4.42 Å². The highest BCUT2D eigenvalue weighted by Gasteiger charge is 2.22. The Bertz CT molecular complexity index is 1380. The van der Waals surface area contributed by atoms with E-state index in [1.54, 1.807) is 43.4 Å². The van der Waals surface area contributed by atoms with Crippen LogP contribution in [0.25, 0.3) is 33.4 Å².